The summed E-state index contributed by atoms with van der Waals surface area (Å²) in [6.45, 7) is 2.91. The number of aromatic nitrogens is 5. The lowest BCUT2D eigenvalue weighted by Crippen LogP contribution is -2.37. The van der Waals surface area contributed by atoms with E-state index in [4.69, 9.17) is 9.72 Å². The van der Waals surface area contributed by atoms with Crippen molar-refractivity contribution < 1.29 is 4.74 Å². The lowest BCUT2D eigenvalue weighted by molar-refractivity contribution is 0.122. The first-order valence-corrected chi connectivity index (χ1v) is 8.80. The van der Waals surface area contributed by atoms with E-state index in [-0.39, 0.29) is 0 Å². The van der Waals surface area contributed by atoms with Crippen molar-refractivity contribution >= 4 is 39.4 Å². The maximum Gasteiger partial charge on any atom is 0.226 e. The Kier molecular flexibility index (Phi) is 3.95. The molecular formula is C19H17N7O. The molecule has 1 aliphatic heterocycles. The second kappa shape index (κ2) is 6.73. The highest BCUT2D eigenvalue weighted by Crippen LogP contribution is 2.27. The minimum absolute atomic E-state index is 0.634. The standard InChI is InChI=1S/C19H17N7O/c1-3-13-4-2-6-20-16(13)14(5-1)24-18-17-15(22-12-23-18)11-21-19(25-17)26-7-9-27-10-8-26/h1-6,11-12H,7-10H2,(H,22,23,24). The summed E-state index contributed by atoms with van der Waals surface area (Å²) < 4.78 is 5.41. The van der Waals surface area contributed by atoms with Crippen molar-refractivity contribution in [3.05, 3.63) is 49.1 Å². The molecule has 27 heavy (non-hydrogen) atoms. The molecule has 0 atom stereocenters. The Morgan fingerprint density at radius 3 is 2.74 bits per heavy atom. The van der Waals surface area contributed by atoms with Crippen LogP contribution < -0.4 is 10.2 Å². The summed E-state index contributed by atoms with van der Waals surface area (Å²) in [5.74, 6) is 1.30. The van der Waals surface area contributed by atoms with E-state index in [0.717, 1.165) is 29.7 Å². The quantitative estimate of drug-likeness (QED) is 0.597. The Balaban J connectivity index is 1.57. The number of ether oxygens (including phenoxy) is 1. The van der Waals surface area contributed by atoms with Crippen LogP contribution in [0.15, 0.2) is 49.1 Å². The van der Waals surface area contributed by atoms with Gasteiger partial charge in [0.05, 0.1) is 30.6 Å². The van der Waals surface area contributed by atoms with Crippen molar-refractivity contribution in [3.8, 4) is 0 Å². The van der Waals surface area contributed by atoms with Crippen LogP contribution in [0.2, 0.25) is 0 Å². The average Bonchev–Trinajstić information content (AvgIpc) is 2.75. The molecule has 0 radical (unpaired) electrons. The Bertz CT molecular complexity index is 1110. The molecule has 3 aromatic heterocycles. The first-order valence-electron chi connectivity index (χ1n) is 8.80. The summed E-state index contributed by atoms with van der Waals surface area (Å²) in [7, 11) is 0. The number of fused-ring (bicyclic) bond motifs is 2. The number of hydrogen-bond acceptors (Lipinski definition) is 8. The zero-order chi connectivity index (χ0) is 18.1. The molecule has 4 heterocycles. The molecule has 1 saturated heterocycles. The van der Waals surface area contributed by atoms with Gasteiger partial charge in [-0.1, -0.05) is 18.2 Å². The van der Waals surface area contributed by atoms with Crippen LogP contribution in [0.4, 0.5) is 17.5 Å². The van der Waals surface area contributed by atoms with E-state index in [1.165, 1.54) is 6.33 Å². The molecule has 0 amide bonds. The fourth-order valence-electron chi connectivity index (χ4n) is 3.18. The molecular weight excluding hydrogens is 342 g/mol. The van der Waals surface area contributed by atoms with Gasteiger partial charge in [0.25, 0.3) is 0 Å². The van der Waals surface area contributed by atoms with E-state index in [1.54, 1.807) is 12.4 Å². The molecule has 1 aromatic carbocycles. The SMILES string of the molecule is c1cnc2c(Nc3ncnc4cnc(N5CCOCC5)nc34)cccc2c1. The van der Waals surface area contributed by atoms with Gasteiger partial charge >= 0.3 is 0 Å². The van der Waals surface area contributed by atoms with E-state index >= 15 is 0 Å². The molecule has 0 bridgehead atoms. The van der Waals surface area contributed by atoms with Crippen LogP contribution in [0.3, 0.4) is 0 Å². The normalized spacial score (nSPS) is 14.6. The fraction of sp³-hybridized carbons (Fsp3) is 0.211. The predicted molar refractivity (Wildman–Crippen MR) is 103 cm³/mol. The molecule has 134 valence electrons. The average molecular weight is 359 g/mol. The third-order valence-corrected chi connectivity index (χ3v) is 4.54. The topological polar surface area (TPSA) is 89.0 Å². The molecule has 0 aliphatic carbocycles. The Morgan fingerprint density at radius 2 is 1.81 bits per heavy atom. The number of anilines is 3. The van der Waals surface area contributed by atoms with Crippen molar-refractivity contribution in [1.82, 2.24) is 24.9 Å². The molecule has 0 spiro atoms. The number of benzene rings is 1. The molecule has 8 heteroatoms. The van der Waals surface area contributed by atoms with Crippen LogP contribution >= 0.6 is 0 Å². The summed E-state index contributed by atoms with van der Waals surface area (Å²) in [6, 6.07) is 9.96. The highest BCUT2D eigenvalue weighted by atomic mass is 16.5. The lowest BCUT2D eigenvalue weighted by Gasteiger charge is -2.26. The first-order chi connectivity index (χ1) is 13.4. The van der Waals surface area contributed by atoms with Crippen molar-refractivity contribution in [2.45, 2.75) is 0 Å². The van der Waals surface area contributed by atoms with Crippen molar-refractivity contribution in [2.75, 3.05) is 36.5 Å². The molecule has 0 saturated carbocycles. The summed E-state index contributed by atoms with van der Waals surface area (Å²) in [5.41, 5.74) is 3.13. The molecule has 8 nitrogen and oxygen atoms in total. The fourth-order valence-corrected chi connectivity index (χ4v) is 3.18. The third-order valence-electron chi connectivity index (χ3n) is 4.54. The molecule has 0 unspecified atom stereocenters. The minimum Gasteiger partial charge on any atom is -0.378 e. The van der Waals surface area contributed by atoms with E-state index in [1.807, 2.05) is 30.3 Å². The summed E-state index contributed by atoms with van der Waals surface area (Å²) in [5, 5.41) is 4.43. The van der Waals surface area contributed by atoms with Crippen LogP contribution in [-0.2, 0) is 4.74 Å². The number of nitrogens with zero attached hydrogens (tertiary/aromatic N) is 6. The maximum atomic E-state index is 5.41. The van der Waals surface area contributed by atoms with Crippen LogP contribution in [0.5, 0.6) is 0 Å². The molecule has 4 aromatic rings. The van der Waals surface area contributed by atoms with Gasteiger partial charge in [-0.2, -0.15) is 0 Å². The summed E-state index contributed by atoms with van der Waals surface area (Å²) >= 11 is 0. The second-order valence-corrected chi connectivity index (χ2v) is 6.23. The van der Waals surface area contributed by atoms with Gasteiger partial charge in [-0.05, 0) is 12.1 Å². The number of morpholine rings is 1. The highest BCUT2D eigenvalue weighted by Gasteiger charge is 2.16. The van der Waals surface area contributed by atoms with Crippen molar-refractivity contribution in [1.29, 1.82) is 0 Å². The van der Waals surface area contributed by atoms with E-state index < -0.39 is 0 Å². The Morgan fingerprint density at radius 1 is 0.926 bits per heavy atom. The molecule has 1 N–H and O–H groups in total. The van der Waals surface area contributed by atoms with E-state index in [9.17, 15) is 0 Å². The van der Waals surface area contributed by atoms with Gasteiger partial charge in [0.2, 0.25) is 5.95 Å². The number of hydrogen-bond donors (Lipinski definition) is 1. The van der Waals surface area contributed by atoms with Crippen LogP contribution in [0.25, 0.3) is 21.9 Å². The molecule has 1 fully saturated rings. The third kappa shape index (κ3) is 3.00. The van der Waals surface area contributed by atoms with Crippen LogP contribution in [0.1, 0.15) is 0 Å². The zero-order valence-electron chi connectivity index (χ0n) is 14.5. The van der Waals surface area contributed by atoms with Gasteiger partial charge in [0.1, 0.15) is 17.4 Å². The first kappa shape index (κ1) is 15.8. The monoisotopic (exact) mass is 359 g/mol. The highest BCUT2D eigenvalue weighted by molar-refractivity contribution is 5.95. The lowest BCUT2D eigenvalue weighted by atomic mass is 10.2. The number of nitrogens with one attached hydrogen (secondary N) is 1. The summed E-state index contributed by atoms with van der Waals surface area (Å²) in [6.07, 6.45) is 5.03. The minimum atomic E-state index is 0.634. The maximum absolute atomic E-state index is 5.41. The Hall–Kier alpha value is -3.39. The van der Waals surface area contributed by atoms with E-state index in [0.29, 0.717) is 36.0 Å². The van der Waals surface area contributed by atoms with E-state index in [2.05, 4.69) is 30.2 Å². The molecule has 5 rings (SSSR count). The van der Waals surface area contributed by atoms with Crippen LogP contribution in [-0.4, -0.2) is 51.2 Å². The summed E-state index contributed by atoms with van der Waals surface area (Å²) in [4.78, 5) is 24.5. The number of rotatable bonds is 3. The van der Waals surface area contributed by atoms with Gasteiger partial charge in [-0.3, -0.25) is 4.98 Å². The Labute approximate surface area is 155 Å². The van der Waals surface area contributed by atoms with Crippen molar-refractivity contribution in [3.63, 3.8) is 0 Å². The zero-order valence-corrected chi connectivity index (χ0v) is 14.5. The smallest absolute Gasteiger partial charge is 0.226 e. The second-order valence-electron chi connectivity index (χ2n) is 6.23. The van der Waals surface area contributed by atoms with Crippen LogP contribution in [0, 0.1) is 0 Å². The number of pyridine rings is 1. The van der Waals surface area contributed by atoms with Gasteiger partial charge in [-0.25, -0.2) is 19.9 Å². The van der Waals surface area contributed by atoms with Gasteiger partial charge < -0.3 is 15.0 Å². The molecule has 1 aliphatic rings. The largest absolute Gasteiger partial charge is 0.378 e. The number of para-hydroxylation sites is 1. The van der Waals surface area contributed by atoms with Crippen molar-refractivity contribution in [2.24, 2.45) is 0 Å². The van der Waals surface area contributed by atoms with Gasteiger partial charge in [0.15, 0.2) is 5.82 Å². The van der Waals surface area contributed by atoms with Gasteiger partial charge in [0, 0.05) is 24.7 Å². The van der Waals surface area contributed by atoms with Gasteiger partial charge in [-0.15, -0.1) is 0 Å². The predicted octanol–water partition coefficient (Wildman–Crippen LogP) is 2.55.